The second-order valence-electron chi connectivity index (χ2n) is 6.50. The molecule has 1 atom stereocenters. The number of thiocarbonyl (C=S) groups is 1. The molecule has 0 saturated heterocycles. The Labute approximate surface area is 160 Å². The highest BCUT2D eigenvalue weighted by Gasteiger charge is 2.20. The van der Waals surface area contributed by atoms with Gasteiger partial charge in [-0.1, -0.05) is 17.7 Å². The molecule has 25 heavy (non-hydrogen) atoms. The molecule has 0 aliphatic heterocycles. The lowest BCUT2D eigenvalue weighted by Gasteiger charge is -2.32. The van der Waals surface area contributed by atoms with Crippen LogP contribution in [-0.2, 0) is 0 Å². The summed E-state index contributed by atoms with van der Waals surface area (Å²) in [4.78, 5) is 7.70. The van der Waals surface area contributed by atoms with Crippen molar-refractivity contribution in [1.82, 2.24) is 9.88 Å². The number of hydrogen-bond acceptors (Lipinski definition) is 2. The molecular formula is C19H26ClN4S+. The van der Waals surface area contributed by atoms with Crippen molar-refractivity contribution in [3.8, 4) is 0 Å². The number of anilines is 1. The van der Waals surface area contributed by atoms with E-state index < -0.39 is 0 Å². The fraction of sp³-hybridized carbons (Fsp3) is 0.368. The molecule has 1 aromatic heterocycles. The zero-order chi connectivity index (χ0) is 18.4. The zero-order valence-electron chi connectivity index (χ0n) is 15.2. The molecule has 0 aliphatic rings. The predicted octanol–water partition coefficient (Wildman–Crippen LogP) is 2.95. The highest BCUT2D eigenvalue weighted by atomic mass is 35.5. The Hall–Kier alpha value is -1.69. The number of hydrogen-bond donors (Lipinski definition) is 2. The second-order valence-corrected chi connectivity index (χ2v) is 7.30. The Bertz CT molecular complexity index is 706. The van der Waals surface area contributed by atoms with Gasteiger partial charge in [0.15, 0.2) is 5.11 Å². The van der Waals surface area contributed by atoms with Crippen molar-refractivity contribution in [3.63, 3.8) is 0 Å². The number of pyridine rings is 1. The van der Waals surface area contributed by atoms with Gasteiger partial charge in [0, 0.05) is 23.1 Å². The monoisotopic (exact) mass is 377 g/mol. The molecule has 1 heterocycles. The second kappa shape index (κ2) is 9.13. The van der Waals surface area contributed by atoms with E-state index in [-0.39, 0.29) is 6.04 Å². The fourth-order valence-corrected chi connectivity index (χ4v) is 3.05. The minimum Gasteiger partial charge on any atom is -0.338 e. The molecule has 0 saturated carbocycles. The average Bonchev–Trinajstić information content (AvgIpc) is 2.58. The predicted molar refractivity (Wildman–Crippen MR) is 109 cm³/mol. The summed E-state index contributed by atoms with van der Waals surface area (Å²) in [7, 11) is 4.29. The van der Waals surface area contributed by atoms with E-state index in [0.717, 1.165) is 29.4 Å². The number of benzene rings is 1. The van der Waals surface area contributed by atoms with Crippen molar-refractivity contribution in [2.24, 2.45) is 0 Å². The van der Waals surface area contributed by atoms with Crippen molar-refractivity contribution in [3.05, 3.63) is 58.9 Å². The number of aromatic nitrogens is 1. The molecule has 1 unspecified atom stereocenters. The highest BCUT2D eigenvalue weighted by Crippen LogP contribution is 2.23. The molecule has 0 amide bonds. The van der Waals surface area contributed by atoms with Gasteiger partial charge in [0.1, 0.15) is 0 Å². The third-order valence-electron chi connectivity index (χ3n) is 4.19. The Kier molecular flexibility index (Phi) is 7.17. The summed E-state index contributed by atoms with van der Waals surface area (Å²) in [5.41, 5.74) is 3.15. The molecule has 2 rings (SSSR count). The Morgan fingerprint density at radius 3 is 2.56 bits per heavy atom. The molecule has 6 heteroatoms. The molecule has 1 aromatic carbocycles. The molecule has 0 bridgehead atoms. The lowest BCUT2D eigenvalue weighted by Crippen LogP contribution is -3.06. The summed E-state index contributed by atoms with van der Waals surface area (Å²) >= 11 is 11.9. The Morgan fingerprint density at radius 1 is 1.28 bits per heavy atom. The van der Waals surface area contributed by atoms with Crippen molar-refractivity contribution >= 4 is 34.6 Å². The van der Waals surface area contributed by atoms with Crippen molar-refractivity contribution < 1.29 is 4.90 Å². The summed E-state index contributed by atoms with van der Waals surface area (Å²) < 4.78 is 0. The van der Waals surface area contributed by atoms with Gasteiger partial charge in [-0.25, -0.2) is 0 Å². The third-order valence-corrected chi connectivity index (χ3v) is 4.94. The summed E-state index contributed by atoms with van der Waals surface area (Å²) in [5, 5.41) is 4.77. The minimum atomic E-state index is 0.156. The van der Waals surface area contributed by atoms with Crippen LogP contribution in [0.15, 0.2) is 42.7 Å². The van der Waals surface area contributed by atoms with Crippen molar-refractivity contribution in [1.29, 1.82) is 0 Å². The van der Waals surface area contributed by atoms with Crippen LogP contribution in [0.2, 0.25) is 5.02 Å². The molecule has 2 N–H and O–H groups in total. The molecule has 2 aromatic rings. The van der Waals surface area contributed by atoms with Gasteiger partial charge in [-0.3, -0.25) is 4.98 Å². The summed E-state index contributed by atoms with van der Waals surface area (Å²) in [5.74, 6) is 0. The molecule has 0 spiro atoms. The number of aryl methyl sites for hydroxylation is 1. The van der Waals surface area contributed by atoms with E-state index in [9.17, 15) is 0 Å². The van der Waals surface area contributed by atoms with Crippen LogP contribution >= 0.6 is 23.8 Å². The lowest BCUT2D eigenvalue weighted by molar-refractivity contribution is -0.857. The summed E-state index contributed by atoms with van der Waals surface area (Å²) in [6.07, 6.45) is 3.63. The first-order valence-electron chi connectivity index (χ1n) is 8.41. The number of halogens is 1. The first-order valence-corrected chi connectivity index (χ1v) is 9.20. The maximum Gasteiger partial charge on any atom is 0.174 e. The Morgan fingerprint density at radius 2 is 1.96 bits per heavy atom. The van der Waals surface area contributed by atoms with Gasteiger partial charge < -0.3 is 15.1 Å². The maximum absolute atomic E-state index is 6.23. The van der Waals surface area contributed by atoms with Crippen LogP contribution in [0.25, 0.3) is 0 Å². The first kappa shape index (κ1) is 19.6. The van der Waals surface area contributed by atoms with Gasteiger partial charge in [-0.05, 0) is 61.5 Å². The molecule has 0 radical (unpaired) electrons. The molecular weight excluding hydrogens is 352 g/mol. The van der Waals surface area contributed by atoms with Gasteiger partial charge in [0.25, 0.3) is 0 Å². The van der Waals surface area contributed by atoms with Gasteiger partial charge in [0.2, 0.25) is 0 Å². The average molecular weight is 378 g/mol. The normalized spacial score (nSPS) is 12.1. The van der Waals surface area contributed by atoms with Crippen LogP contribution in [-0.4, -0.2) is 42.2 Å². The quantitative estimate of drug-likeness (QED) is 0.758. The smallest absolute Gasteiger partial charge is 0.174 e. The minimum absolute atomic E-state index is 0.156. The van der Waals surface area contributed by atoms with Crippen molar-refractivity contribution in [2.45, 2.75) is 19.9 Å². The van der Waals surface area contributed by atoms with Gasteiger partial charge >= 0.3 is 0 Å². The van der Waals surface area contributed by atoms with E-state index in [2.05, 4.69) is 36.2 Å². The number of nitrogens with one attached hydrogen (secondary N) is 2. The van der Waals surface area contributed by atoms with Crippen LogP contribution in [0.1, 0.15) is 24.1 Å². The molecule has 4 nitrogen and oxygen atoms in total. The number of likely N-dealkylation sites (N-methyl/N-ethyl adjacent to an activating group) is 1. The third kappa shape index (κ3) is 5.66. The molecule has 134 valence electrons. The number of rotatable bonds is 6. The number of nitrogens with zero attached hydrogens (tertiary/aromatic N) is 2. The topological polar surface area (TPSA) is 32.6 Å². The summed E-state index contributed by atoms with van der Waals surface area (Å²) in [6.45, 7) is 6.00. The van der Waals surface area contributed by atoms with Crippen molar-refractivity contribution in [2.75, 3.05) is 32.5 Å². The van der Waals surface area contributed by atoms with Crippen LogP contribution in [0.5, 0.6) is 0 Å². The zero-order valence-corrected chi connectivity index (χ0v) is 16.8. The Balaban J connectivity index is 2.18. The standard InChI is InChI=1S/C19H25ClN4S/c1-14-5-6-17(13-18(14)20)22-19(25)24(12-11-23(3)4)15(2)16-7-9-21-10-8-16/h5-10,13,15H,11-12H2,1-4H3,(H,22,25)/p+1. The summed E-state index contributed by atoms with van der Waals surface area (Å²) in [6, 6.07) is 10.1. The SMILES string of the molecule is Cc1ccc(NC(=S)N(CC[NH+](C)C)C(C)c2ccncc2)cc1Cl. The van der Waals surface area contributed by atoms with E-state index in [1.165, 1.54) is 10.5 Å². The van der Waals surface area contributed by atoms with E-state index >= 15 is 0 Å². The van der Waals surface area contributed by atoms with Crippen LogP contribution in [0.3, 0.4) is 0 Å². The maximum atomic E-state index is 6.23. The van der Waals surface area contributed by atoms with Crippen LogP contribution in [0.4, 0.5) is 5.69 Å². The molecule has 0 aliphatic carbocycles. The largest absolute Gasteiger partial charge is 0.338 e. The van der Waals surface area contributed by atoms with Gasteiger partial charge in [0.05, 0.1) is 33.2 Å². The van der Waals surface area contributed by atoms with Crippen LogP contribution in [0, 0.1) is 6.92 Å². The van der Waals surface area contributed by atoms with E-state index in [0.29, 0.717) is 5.11 Å². The van der Waals surface area contributed by atoms with E-state index in [1.54, 1.807) is 0 Å². The fourth-order valence-electron chi connectivity index (χ4n) is 2.50. The van der Waals surface area contributed by atoms with Crippen LogP contribution < -0.4 is 10.2 Å². The number of quaternary nitrogens is 1. The molecule has 0 fully saturated rings. The van der Waals surface area contributed by atoms with Gasteiger partial charge in [-0.2, -0.15) is 0 Å². The first-order chi connectivity index (χ1) is 11.9. The lowest BCUT2D eigenvalue weighted by atomic mass is 10.1. The van der Waals surface area contributed by atoms with Gasteiger partial charge in [-0.15, -0.1) is 0 Å². The van der Waals surface area contributed by atoms with E-state index in [1.807, 2.05) is 49.6 Å². The van der Waals surface area contributed by atoms with E-state index in [4.69, 9.17) is 23.8 Å². The highest BCUT2D eigenvalue weighted by molar-refractivity contribution is 7.80.